The molecule has 28 heavy (non-hydrogen) atoms. The monoisotopic (exact) mass is 401 g/mol. The number of hydrogen-bond donors (Lipinski definition) is 1. The van der Waals surface area contributed by atoms with Crippen molar-refractivity contribution in [1.82, 2.24) is 14.9 Å². The summed E-state index contributed by atoms with van der Waals surface area (Å²) in [6.45, 7) is 6.40. The highest BCUT2D eigenvalue weighted by Crippen LogP contribution is 2.51. The number of benzene rings is 1. The summed E-state index contributed by atoms with van der Waals surface area (Å²) in [6.07, 6.45) is 3.92. The van der Waals surface area contributed by atoms with Gasteiger partial charge in [0.1, 0.15) is 5.82 Å². The van der Waals surface area contributed by atoms with Gasteiger partial charge in [-0.15, -0.1) is 0 Å². The Morgan fingerprint density at radius 3 is 2.82 bits per heavy atom. The molecule has 2 fully saturated rings. The Labute approximate surface area is 170 Å². The Bertz CT molecular complexity index is 917. The lowest BCUT2D eigenvalue weighted by atomic mass is 9.83. The highest BCUT2D eigenvalue weighted by Gasteiger charge is 2.47. The van der Waals surface area contributed by atoms with Crippen LogP contribution in [0.15, 0.2) is 18.2 Å². The molecule has 0 saturated carbocycles. The quantitative estimate of drug-likeness (QED) is 0.759. The lowest BCUT2D eigenvalue weighted by Gasteiger charge is -2.42. The van der Waals surface area contributed by atoms with Crippen LogP contribution in [0.1, 0.15) is 57.0 Å². The van der Waals surface area contributed by atoms with Gasteiger partial charge >= 0.3 is 0 Å². The Morgan fingerprint density at radius 1 is 1.29 bits per heavy atom. The smallest absolute Gasteiger partial charge is 0.165 e. The summed E-state index contributed by atoms with van der Waals surface area (Å²) in [6, 6.07) is 5.20. The number of halogens is 1. The molecule has 1 atom stereocenters. The second kappa shape index (κ2) is 6.49. The van der Waals surface area contributed by atoms with Gasteiger partial charge in [-0.3, -0.25) is 0 Å². The zero-order chi connectivity index (χ0) is 19.5. The Balaban J connectivity index is 1.68. The molecule has 2 saturated heterocycles. The lowest BCUT2D eigenvalue weighted by molar-refractivity contribution is 0.0199. The van der Waals surface area contributed by atoms with E-state index in [2.05, 4.69) is 42.5 Å². The molecule has 3 aliphatic heterocycles. The van der Waals surface area contributed by atoms with Gasteiger partial charge in [-0.25, -0.2) is 9.37 Å². The topological polar surface area (TPSA) is 39.1 Å². The largest absolute Gasteiger partial charge is 0.477 e. The Kier molecular flexibility index (Phi) is 4.29. The summed E-state index contributed by atoms with van der Waals surface area (Å²) < 4.78 is 23.7. The molecule has 0 amide bonds. The molecule has 5 rings (SSSR count). The van der Waals surface area contributed by atoms with E-state index in [1.165, 1.54) is 6.07 Å². The number of imidazole rings is 1. The van der Waals surface area contributed by atoms with E-state index in [1.807, 2.05) is 6.07 Å². The third-order valence-corrected chi connectivity index (χ3v) is 7.94. The summed E-state index contributed by atoms with van der Waals surface area (Å²) in [5, 5.41) is 3.42. The first-order valence-corrected chi connectivity index (χ1v) is 11.3. The van der Waals surface area contributed by atoms with Crippen molar-refractivity contribution < 1.29 is 9.13 Å². The fourth-order valence-corrected chi connectivity index (χ4v) is 6.53. The molecule has 0 radical (unpaired) electrons. The highest BCUT2D eigenvalue weighted by molar-refractivity contribution is 8.00. The molecule has 1 unspecified atom stereocenters. The summed E-state index contributed by atoms with van der Waals surface area (Å²) in [4.78, 5) is 5.16. The zero-order valence-electron chi connectivity index (χ0n) is 16.8. The molecular formula is C22H28FN3OS. The number of thioether (sulfide) groups is 1. The maximum atomic E-state index is 14.7. The Morgan fingerprint density at radius 2 is 2.07 bits per heavy atom. The lowest BCUT2D eigenvalue weighted by Crippen LogP contribution is -2.47. The van der Waals surface area contributed by atoms with Crippen LogP contribution in [0.3, 0.4) is 0 Å². The molecule has 4 nitrogen and oxygen atoms in total. The number of piperidine rings is 1. The molecule has 150 valence electrons. The summed E-state index contributed by atoms with van der Waals surface area (Å²) in [5.41, 5.74) is 2.37. The van der Waals surface area contributed by atoms with Crippen LogP contribution >= 0.6 is 11.8 Å². The van der Waals surface area contributed by atoms with E-state index in [0.29, 0.717) is 11.7 Å². The number of ether oxygens (including phenoxy) is 1. The van der Waals surface area contributed by atoms with Crippen LogP contribution in [0.25, 0.3) is 11.3 Å². The summed E-state index contributed by atoms with van der Waals surface area (Å²) in [5.74, 6) is 2.82. The van der Waals surface area contributed by atoms with Gasteiger partial charge in [0.05, 0.1) is 11.4 Å². The molecule has 0 aliphatic carbocycles. The number of aromatic nitrogens is 2. The van der Waals surface area contributed by atoms with Crippen molar-refractivity contribution in [2.75, 3.05) is 18.8 Å². The minimum absolute atomic E-state index is 0.266. The second-order valence-corrected chi connectivity index (χ2v) is 10.8. The molecule has 0 bridgehead atoms. The van der Waals surface area contributed by atoms with E-state index in [1.54, 1.807) is 6.07 Å². The van der Waals surface area contributed by atoms with E-state index < -0.39 is 5.60 Å². The van der Waals surface area contributed by atoms with E-state index in [9.17, 15) is 4.39 Å². The minimum Gasteiger partial charge on any atom is -0.477 e. The van der Waals surface area contributed by atoms with Crippen molar-refractivity contribution in [3.8, 4) is 17.0 Å². The molecule has 2 aromatic rings. The third-order valence-electron chi connectivity index (χ3n) is 6.55. The standard InChI is InChI=1S/C22H28FN3OS/c1-21(2)13-14(7-12-28-21)20-25-17-15-5-4-6-16(23)18(15)27-22(19(17)26(20)3)8-10-24-11-9-22/h4-6,14,24H,7-13H2,1-3H3. The molecule has 3 aliphatic rings. The van der Waals surface area contributed by atoms with Crippen LogP contribution in [0.2, 0.25) is 0 Å². The molecule has 1 aromatic carbocycles. The van der Waals surface area contributed by atoms with Crippen LogP contribution in [0.4, 0.5) is 4.39 Å². The van der Waals surface area contributed by atoms with Crippen LogP contribution in [0.5, 0.6) is 5.75 Å². The molecule has 1 spiro atoms. The van der Waals surface area contributed by atoms with Crippen molar-refractivity contribution in [1.29, 1.82) is 0 Å². The normalized spacial score (nSPS) is 25.1. The Hall–Kier alpha value is -1.53. The van der Waals surface area contributed by atoms with Crippen molar-refractivity contribution in [2.24, 2.45) is 7.05 Å². The van der Waals surface area contributed by atoms with Crippen molar-refractivity contribution >= 4 is 11.8 Å². The number of para-hydroxylation sites is 1. The first kappa shape index (κ1) is 18.5. The van der Waals surface area contributed by atoms with Gasteiger partial charge in [0.2, 0.25) is 0 Å². The molecule has 6 heteroatoms. The van der Waals surface area contributed by atoms with Crippen LogP contribution in [-0.2, 0) is 12.6 Å². The van der Waals surface area contributed by atoms with Gasteiger partial charge < -0.3 is 14.6 Å². The van der Waals surface area contributed by atoms with Crippen molar-refractivity contribution in [3.05, 3.63) is 35.5 Å². The van der Waals surface area contributed by atoms with E-state index in [-0.39, 0.29) is 10.6 Å². The van der Waals surface area contributed by atoms with Gasteiger partial charge in [-0.05, 0) is 43.8 Å². The molecular weight excluding hydrogens is 373 g/mol. The van der Waals surface area contributed by atoms with Crippen molar-refractivity contribution in [2.45, 2.75) is 55.8 Å². The maximum Gasteiger partial charge on any atom is 0.165 e. The molecule has 1 N–H and O–H groups in total. The average Bonchev–Trinajstić information content (AvgIpc) is 3.02. The molecule has 4 heterocycles. The average molecular weight is 402 g/mol. The van der Waals surface area contributed by atoms with Crippen LogP contribution < -0.4 is 10.1 Å². The van der Waals surface area contributed by atoms with Gasteiger partial charge in [0.15, 0.2) is 17.2 Å². The number of hydrogen-bond acceptors (Lipinski definition) is 4. The number of rotatable bonds is 1. The minimum atomic E-state index is -0.491. The van der Waals surface area contributed by atoms with Crippen LogP contribution in [-0.4, -0.2) is 33.1 Å². The third kappa shape index (κ3) is 2.79. The van der Waals surface area contributed by atoms with Gasteiger partial charge in [0.25, 0.3) is 0 Å². The van der Waals surface area contributed by atoms with E-state index in [0.717, 1.165) is 67.3 Å². The van der Waals surface area contributed by atoms with Gasteiger partial charge in [0, 0.05) is 36.1 Å². The number of nitrogens with one attached hydrogen (secondary N) is 1. The zero-order valence-corrected chi connectivity index (χ0v) is 17.7. The van der Waals surface area contributed by atoms with Gasteiger partial charge in [-0.2, -0.15) is 11.8 Å². The fraction of sp³-hybridized carbons (Fsp3) is 0.591. The first-order chi connectivity index (χ1) is 13.4. The van der Waals surface area contributed by atoms with Gasteiger partial charge in [-0.1, -0.05) is 19.9 Å². The predicted molar refractivity (Wildman–Crippen MR) is 112 cm³/mol. The number of fused-ring (bicyclic) bond motifs is 4. The van der Waals surface area contributed by atoms with Crippen LogP contribution in [0, 0.1) is 5.82 Å². The summed E-state index contributed by atoms with van der Waals surface area (Å²) in [7, 11) is 2.13. The molecule has 1 aromatic heterocycles. The van der Waals surface area contributed by atoms with E-state index >= 15 is 0 Å². The SMILES string of the molecule is Cn1c(C2CCSC(C)(C)C2)nc2c1C1(CCNCC1)Oc1c(F)cccc1-2. The predicted octanol–water partition coefficient (Wildman–Crippen LogP) is 4.59. The highest BCUT2D eigenvalue weighted by atomic mass is 32.2. The fourth-order valence-electron chi connectivity index (χ4n) is 5.25. The second-order valence-electron chi connectivity index (χ2n) is 8.99. The summed E-state index contributed by atoms with van der Waals surface area (Å²) >= 11 is 2.05. The van der Waals surface area contributed by atoms with Crippen molar-refractivity contribution in [3.63, 3.8) is 0 Å². The maximum absolute atomic E-state index is 14.7. The first-order valence-electron chi connectivity index (χ1n) is 10.3. The van der Waals surface area contributed by atoms with E-state index in [4.69, 9.17) is 9.72 Å². The number of nitrogens with zero attached hydrogens (tertiary/aromatic N) is 2.